The molecular weight excluding hydrogens is 376 g/mol. The summed E-state index contributed by atoms with van der Waals surface area (Å²) in [6.45, 7) is 0. The van der Waals surface area contributed by atoms with Gasteiger partial charge in [-0.25, -0.2) is 10.4 Å². The molecule has 1 aromatic heterocycles. The standard InChI is InChI=1S/C16H12N4O4S2/c21-13-6-5-11(20(23)24)7-10(13)8-17-19-15(22)9-25-16-18-12-3-1-2-4-14(12)26-16/h1-8,21H,9H2,(H,19,22)/p-1/b17-8-. The number of amides is 1. The second kappa shape index (κ2) is 7.93. The van der Waals surface area contributed by atoms with Crippen LogP contribution in [0.3, 0.4) is 0 Å². The summed E-state index contributed by atoms with van der Waals surface area (Å²) < 4.78 is 1.81. The first-order valence-electron chi connectivity index (χ1n) is 7.28. The number of aromatic nitrogens is 1. The van der Waals surface area contributed by atoms with Crippen LogP contribution in [0.25, 0.3) is 10.2 Å². The number of thiazole rings is 1. The lowest BCUT2D eigenvalue weighted by atomic mass is 10.2. The minimum absolute atomic E-state index is 0.0262. The number of non-ortho nitro benzene ring substituents is 1. The van der Waals surface area contributed by atoms with Gasteiger partial charge in [0.05, 0.1) is 27.1 Å². The van der Waals surface area contributed by atoms with Crippen molar-refractivity contribution in [3.63, 3.8) is 0 Å². The van der Waals surface area contributed by atoms with Gasteiger partial charge in [0.2, 0.25) is 0 Å². The number of hydrogen-bond acceptors (Lipinski definition) is 8. The van der Waals surface area contributed by atoms with Crippen LogP contribution >= 0.6 is 23.1 Å². The monoisotopic (exact) mass is 387 g/mol. The fourth-order valence-corrected chi connectivity index (χ4v) is 3.86. The predicted molar refractivity (Wildman–Crippen MR) is 98.6 cm³/mol. The van der Waals surface area contributed by atoms with Crippen LogP contribution in [0.15, 0.2) is 51.9 Å². The smallest absolute Gasteiger partial charge is 0.270 e. The van der Waals surface area contributed by atoms with E-state index >= 15 is 0 Å². The minimum Gasteiger partial charge on any atom is -0.872 e. The summed E-state index contributed by atoms with van der Waals surface area (Å²) in [6, 6.07) is 11.0. The molecule has 132 valence electrons. The van der Waals surface area contributed by atoms with Crippen LogP contribution in [0.2, 0.25) is 0 Å². The molecule has 0 unspecified atom stereocenters. The number of carbonyl (C=O) groups is 1. The van der Waals surface area contributed by atoms with Crippen molar-refractivity contribution < 1.29 is 14.8 Å². The summed E-state index contributed by atoms with van der Waals surface area (Å²) in [5.74, 6) is -0.683. The zero-order chi connectivity index (χ0) is 18.5. The Labute approximate surface area is 155 Å². The fraction of sp³-hybridized carbons (Fsp3) is 0.0625. The van der Waals surface area contributed by atoms with E-state index in [0.717, 1.165) is 39.0 Å². The number of hydrogen-bond donors (Lipinski definition) is 1. The molecule has 1 N–H and O–H groups in total. The van der Waals surface area contributed by atoms with Gasteiger partial charge in [-0.15, -0.1) is 11.3 Å². The third kappa shape index (κ3) is 4.35. The number of para-hydroxylation sites is 1. The third-order valence-corrected chi connectivity index (χ3v) is 5.38. The zero-order valence-electron chi connectivity index (χ0n) is 13.1. The molecular formula is C16H11N4O4S2-. The lowest BCUT2D eigenvalue weighted by Gasteiger charge is -2.08. The second-order valence-electron chi connectivity index (χ2n) is 5.01. The van der Waals surface area contributed by atoms with Gasteiger partial charge < -0.3 is 5.11 Å². The summed E-state index contributed by atoms with van der Waals surface area (Å²) in [6.07, 6.45) is 1.09. The molecule has 0 atom stereocenters. The zero-order valence-corrected chi connectivity index (χ0v) is 14.8. The summed E-state index contributed by atoms with van der Waals surface area (Å²) in [7, 11) is 0. The Hall–Kier alpha value is -2.98. The van der Waals surface area contributed by atoms with Gasteiger partial charge in [0.1, 0.15) is 0 Å². The number of nitro benzene ring substituents is 1. The van der Waals surface area contributed by atoms with Crippen LogP contribution in [-0.2, 0) is 4.79 Å². The lowest BCUT2D eigenvalue weighted by Crippen LogP contribution is -2.19. The third-order valence-electron chi connectivity index (χ3n) is 3.20. The largest absolute Gasteiger partial charge is 0.872 e. The van der Waals surface area contributed by atoms with Gasteiger partial charge in [-0.2, -0.15) is 5.10 Å². The Bertz CT molecular complexity index is 970. The maximum Gasteiger partial charge on any atom is 0.270 e. The van der Waals surface area contributed by atoms with Crippen molar-refractivity contribution in [3.05, 3.63) is 58.1 Å². The number of nitrogens with one attached hydrogen (secondary N) is 1. The van der Waals surface area contributed by atoms with Gasteiger partial charge in [-0.1, -0.05) is 35.7 Å². The number of thioether (sulfide) groups is 1. The molecule has 0 fully saturated rings. The number of rotatable bonds is 6. The Morgan fingerprint density at radius 3 is 2.92 bits per heavy atom. The van der Waals surface area contributed by atoms with Gasteiger partial charge in [0, 0.05) is 12.1 Å². The number of carbonyl (C=O) groups excluding carboxylic acids is 1. The molecule has 0 saturated heterocycles. The highest BCUT2D eigenvalue weighted by Gasteiger charge is 2.08. The summed E-state index contributed by atoms with van der Waals surface area (Å²) >= 11 is 2.77. The molecule has 0 aliphatic heterocycles. The molecule has 26 heavy (non-hydrogen) atoms. The second-order valence-corrected chi connectivity index (χ2v) is 7.26. The SMILES string of the molecule is O=C(CSc1nc2ccccc2s1)N/N=C\c1cc([N+](=O)[O-])ccc1[O-]. The Morgan fingerprint density at radius 1 is 1.35 bits per heavy atom. The van der Waals surface area contributed by atoms with Crippen molar-refractivity contribution in [3.8, 4) is 5.75 Å². The molecule has 0 radical (unpaired) electrons. The summed E-state index contributed by atoms with van der Waals surface area (Å²) in [5, 5.41) is 26.0. The lowest BCUT2D eigenvalue weighted by molar-refractivity contribution is -0.385. The van der Waals surface area contributed by atoms with E-state index in [2.05, 4.69) is 15.5 Å². The molecule has 3 rings (SSSR count). The Kier molecular flexibility index (Phi) is 5.44. The molecule has 3 aromatic rings. The predicted octanol–water partition coefficient (Wildman–Crippen LogP) is 2.52. The maximum absolute atomic E-state index is 11.8. The molecule has 2 aromatic carbocycles. The first-order valence-corrected chi connectivity index (χ1v) is 9.09. The van der Waals surface area contributed by atoms with E-state index in [1.165, 1.54) is 23.1 Å². The van der Waals surface area contributed by atoms with E-state index in [1.807, 2.05) is 24.3 Å². The van der Waals surface area contributed by atoms with Gasteiger partial charge in [-0.05, 0) is 17.7 Å². The van der Waals surface area contributed by atoms with Crippen molar-refractivity contribution in [2.75, 3.05) is 5.75 Å². The number of benzene rings is 2. The Balaban J connectivity index is 1.56. The minimum atomic E-state index is -0.607. The quantitative estimate of drug-likeness (QED) is 0.300. The van der Waals surface area contributed by atoms with E-state index < -0.39 is 10.7 Å². The van der Waals surface area contributed by atoms with Crippen LogP contribution < -0.4 is 10.5 Å². The number of nitro groups is 1. The van der Waals surface area contributed by atoms with Crippen LogP contribution in [0.5, 0.6) is 5.75 Å². The molecule has 8 nitrogen and oxygen atoms in total. The van der Waals surface area contributed by atoms with Crippen molar-refractivity contribution in [2.24, 2.45) is 5.10 Å². The van der Waals surface area contributed by atoms with Crippen molar-refractivity contribution in [1.29, 1.82) is 0 Å². The number of nitrogens with zero attached hydrogens (tertiary/aromatic N) is 3. The summed E-state index contributed by atoms with van der Waals surface area (Å²) in [4.78, 5) is 26.3. The van der Waals surface area contributed by atoms with Gasteiger partial charge in [0.25, 0.3) is 11.6 Å². The van der Waals surface area contributed by atoms with Crippen molar-refractivity contribution in [2.45, 2.75) is 4.34 Å². The average molecular weight is 387 g/mol. The van der Waals surface area contributed by atoms with Gasteiger partial charge in [-0.3, -0.25) is 14.9 Å². The molecule has 1 amide bonds. The van der Waals surface area contributed by atoms with E-state index in [0.29, 0.717) is 0 Å². The van der Waals surface area contributed by atoms with Gasteiger partial charge in [0.15, 0.2) is 4.34 Å². The van der Waals surface area contributed by atoms with Crippen LogP contribution in [0, 0.1) is 10.1 Å². The highest BCUT2D eigenvalue weighted by atomic mass is 32.2. The first-order chi connectivity index (χ1) is 12.5. The highest BCUT2D eigenvalue weighted by Crippen LogP contribution is 2.29. The van der Waals surface area contributed by atoms with Crippen molar-refractivity contribution >= 4 is 51.1 Å². The topological polar surface area (TPSA) is 121 Å². The Morgan fingerprint density at radius 2 is 2.15 bits per heavy atom. The van der Waals surface area contributed by atoms with E-state index in [1.54, 1.807) is 0 Å². The van der Waals surface area contributed by atoms with Gasteiger partial charge >= 0.3 is 0 Å². The normalized spacial score (nSPS) is 11.1. The number of hydrazone groups is 1. The number of fused-ring (bicyclic) bond motifs is 1. The van der Waals surface area contributed by atoms with Crippen molar-refractivity contribution in [1.82, 2.24) is 10.4 Å². The van der Waals surface area contributed by atoms with E-state index in [9.17, 15) is 20.0 Å². The maximum atomic E-state index is 11.8. The molecule has 1 heterocycles. The molecule has 0 saturated carbocycles. The van der Waals surface area contributed by atoms with Crippen LogP contribution in [-0.4, -0.2) is 27.8 Å². The first kappa shape index (κ1) is 17.8. The molecule has 0 aliphatic carbocycles. The fourth-order valence-electron chi connectivity index (χ4n) is 2.00. The average Bonchev–Trinajstić information content (AvgIpc) is 3.04. The van der Waals surface area contributed by atoms with Crippen LogP contribution in [0.4, 0.5) is 5.69 Å². The van der Waals surface area contributed by atoms with E-state index in [4.69, 9.17) is 0 Å². The molecule has 0 bridgehead atoms. The van der Waals surface area contributed by atoms with Crippen LogP contribution in [0.1, 0.15) is 5.56 Å². The summed E-state index contributed by atoms with van der Waals surface area (Å²) in [5.41, 5.74) is 2.98. The highest BCUT2D eigenvalue weighted by molar-refractivity contribution is 8.01. The molecule has 10 heteroatoms. The molecule has 0 spiro atoms. The van der Waals surface area contributed by atoms with E-state index in [-0.39, 0.29) is 22.9 Å². The molecule has 0 aliphatic rings.